The van der Waals surface area contributed by atoms with Crippen LogP contribution in [0.5, 0.6) is 0 Å². The number of hydrogen-bond acceptors (Lipinski definition) is 5. The van der Waals surface area contributed by atoms with Gasteiger partial charge in [0.25, 0.3) is 5.69 Å². The number of rotatable bonds is 3. The van der Waals surface area contributed by atoms with Crippen LogP contribution >= 0.6 is 0 Å². The van der Waals surface area contributed by atoms with E-state index in [-0.39, 0.29) is 17.2 Å². The molecule has 4 aliphatic rings. The zero-order chi connectivity index (χ0) is 23.9. The van der Waals surface area contributed by atoms with Crippen LogP contribution in [0.4, 0.5) is 11.4 Å². The lowest BCUT2D eigenvalue weighted by Crippen LogP contribution is -2.57. The number of aryl methyl sites for hydroxylation is 1. The van der Waals surface area contributed by atoms with Crippen LogP contribution in [0.3, 0.4) is 0 Å². The molecule has 34 heavy (non-hydrogen) atoms. The number of benzene rings is 3. The second kappa shape index (κ2) is 6.70. The summed E-state index contributed by atoms with van der Waals surface area (Å²) in [7, 11) is 0. The van der Waals surface area contributed by atoms with Gasteiger partial charge in [-0.2, -0.15) is 0 Å². The molecule has 168 valence electrons. The Labute approximate surface area is 195 Å². The normalized spacial score (nSPS) is 26.2. The molecule has 3 aromatic rings. The third-order valence-electron chi connectivity index (χ3n) is 7.74. The van der Waals surface area contributed by atoms with Crippen molar-refractivity contribution in [1.29, 1.82) is 0 Å². The molecule has 7 rings (SSSR count). The van der Waals surface area contributed by atoms with Gasteiger partial charge in [0, 0.05) is 12.0 Å². The van der Waals surface area contributed by atoms with Gasteiger partial charge in [0.15, 0.2) is 0 Å². The number of nitro benzene ring substituents is 1. The molecule has 3 aliphatic carbocycles. The fraction of sp³-hybridized carbons (Fsp3) is 0.222. The molecule has 1 aliphatic heterocycles. The van der Waals surface area contributed by atoms with Crippen molar-refractivity contribution in [3.63, 3.8) is 0 Å². The average molecular weight is 452 g/mol. The molecule has 7 nitrogen and oxygen atoms in total. The van der Waals surface area contributed by atoms with Gasteiger partial charge in [0.1, 0.15) is 11.5 Å². The third kappa shape index (κ3) is 2.24. The van der Waals surface area contributed by atoms with Crippen molar-refractivity contribution in [2.45, 2.75) is 25.2 Å². The van der Waals surface area contributed by atoms with Crippen LogP contribution in [0, 0.1) is 28.9 Å². The molecule has 0 aromatic heterocycles. The van der Waals surface area contributed by atoms with Crippen molar-refractivity contribution in [2.75, 3.05) is 4.90 Å². The minimum atomic E-state index is -1.33. The first-order valence-corrected chi connectivity index (χ1v) is 11.1. The molecule has 2 amide bonds. The number of amides is 2. The number of hydrogen-bond donors (Lipinski definition) is 0. The molecule has 0 radical (unpaired) electrons. The summed E-state index contributed by atoms with van der Waals surface area (Å²) < 4.78 is 0. The fourth-order valence-electron chi connectivity index (χ4n) is 6.58. The van der Waals surface area contributed by atoms with Gasteiger partial charge in [-0.15, -0.1) is 0 Å². The Balaban J connectivity index is 1.66. The Morgan fingerprint density at radius 2 is 1.53 bits per heavy atom. The summed E-state index contributed by atoms with van der Waals surface area (Å²) in [6.45, 7) is 3.17. The van der Waals surface area contributed by atoms with Crippen molar-refractivity contribution < 1.29 is 19.3 Å². The van der Waals surface area contributed by atoms with Crippen LogP contribution in [0.2, 0.25) is 0 Å². The SMILES string of the molecule is CC(=O)C12c3ccccc3C(c3ccccc31)[C@@H]1C(=O)N(c3ccc(C)cc3[N+](=O)[O-])C(=O)[C@@H]12. The predicted molar refractivity (Wildman–Crippen MR) is 123 cm³/mol. The number of carbonyl (C=O) groups excluding carboxylic acids is 3. The molecule has 0 N–H and O–H groups in total. The Morgan fingerprint density at radius 3 is 2.09 bits per heavy atom. The second-order valence-electron chi connectivity index (χ2n) is 9.28. The maximum absolute atomic E-state index is 14.1. The smallest absolute Gasteiger partial charge is 0.293 e. The Kier molecular flexibility index (Phi) is 4.03. The molecule has 3 aromatic carbocycles. The number of nitrogens with zero attached hydrogens (tertiary/aromatic N) is 2. The highest BCUT2D eigenvalue weighted by Crippen LogP contribution is 2.64. The van der Waals surface area contributed by atoms with E-state index in [4.69, 9.17) is 0 Å². The van der Waals surface area contributed by atoms with Gasteiger partial charge in [0.2, 0.25) is 11.8 Å². The quantitative estimate of drug-likeness (QED) is 0.339. The van der Waals surface area contributed by atoms with E-state index in [2.05, 4.69) is 0 Å². The maximum Gasteiger partial charge on any atom is 0.293 e. The van der Waals surface area contributed by atoms with Crippen LogP contribution in [0.1, 0.15) is 40.7 Å². The van der Waals surface area contributed by atoms with E-state index in [1.807, 2.05) is 48.5 Å². The molecule has 1 saturated heterocycles. The standard InChI is InChI=1S/C27H20N2O5/c1-14-11-12-20(21(13-14)29(33)34)28-25(31)23-22-16-7-3-5-9-18(16)27(15(2)30,24(23)26(28)32)19-10-6-4-8-17(19)22/h3-13,22-24H,1-2H3/t22?,23-,24+,27?/m0/s1. The second-order valence-corrected chi connectivity index (χ2v) is 9.28. The van der Waals surface area contributed by atoms with E-state index < -0.39 is 39.9 Å². The van der Waals surface area contributed by atoms with Gasteiger partial charge in [-0.3, -0.25) is 24.5 Å². The van der Waals surface area contributed by atoms with Crippen LogP contribution in [-0.2, 0) is 19.8 Å². The van der Waals surface area contributed by atoms with Gasteiger partial charge < -0.3 is 0 Å². The molecule has 1 heterocycles. The Bertz CT molecular complexity index is 1410. The fourth-order valence-corrected chi connectivity index (χ4v) is 6.58. The zero-order valence-corrected chi connectivity index (χ0v) is 18.5. The lowest BCUT2D eigenvalue weighted by molar-refractivity contribution is -0.384. The topological polar surface area (TPSA) is 97.6 Å². The van der Waals surface area contributed by atoms with E-state index >= 15 is 0 Å². The lowest BCUT2D eigenvalue weighted by Gasteiger charge is -2.52. The highest BCUT2D eigenvalue weighted by molar-refractivity contribution is 6.26. The lowest BCUT2D eigenvalue weighted by atomic mass is 9.46. The number of carbonyl (C=O) groups is 3. The van der Waals surface area contributed by atoms with Crippen molar-refractivity contribution in [3.8, 4) is 0 Å². The third-order valence-corrected chi connectivity index (χ3v) is 7.74. The summed E-state index contributed by atoms with van der Waals surface area (Å²) in [6, 6.07) is 19.4. The van der Waals surface area contributed by atoms with Crippen LogP contribution in [0.25, 0.3) is 0 Å². The summed E-state index contributed by atoms with van der Waals surface area (Å²) in [6.07, 6.45) is 0. The summed E-state index contributed by atoms with van der Waals surface area (Å²) in [5, 5.41) is 11.8. The first-order valence-electron chi connectivity index (χ1n) is 11.1. The van der Waals surface area contributed by atoms with E-state index in [1.54, 1.807) is 13.0 Å². The first kappa shape index (κ1) is 20.5. The summed E-state index contributed by atoms with van der Waals surface area (Å²) in [5.74, 6) is -3.48. The maximum atomic E-state index is 14.1. The number of ketones is 1. The van der Waals surface area contributed by atoms with Crippen molar-refractivity contribution >= 4 is 29.0 Å². The van der Waals surface area contributed by atoms with Gasteiger partial charge in [0.05, 0.1) is 22.2 Å². The number of anilines is 1. The monoisotopic (exact) mass is 452 g/mol. The van der Waals surface area contributed by atoms with Gasteiger partial charge in [-0.25, -0.2) is 4.90 Å². The molecule has 1 fully saturated rings. The minimum Gasteiger partial charge on any atom is -0.299 e. The van der Waals surface area contributed by atoms with Crippen molar-refractivity contribution in [1.82, 2.24) is 0 Å². The molecule has 2 bridgehead atoms. The highest BCUT2D eigenvalue weighted by Gasteiger charge is 2.70. The predicted octanol–water partition coefficient (Wildman–Crippen LogP) is 4.04. The molecular formula is C27H20N2O5. The van der Waals surface area contributed by atoms with Crippen LogP contribution < -0.4 is 4.90 Å². The molecule has 0 saturated carbocycles. The Hall–Kier alpha value is -4.13. The van der Waals surface area contributed by atoms with Gasteiger partial charge in [-0.05, 0) is 47.7 Å². The highest BCUT2D eigenvalue weighted by atomic mass is 16.6. The number of Topliss-reactive ketones (excluding diaryl/α,β-unsaturated/α-hetero) is 1. The average Bonchev–Trinajstić information content (AvgIpc) is 3.09. The minimum absolute atomic E-state index is 0.0498. The van der Waals surface area contributed by atoms with E-state index in [9.17, 15) is 24.5 Å². The van der Waals surface area contributed by atoms with E-state index in [0.29, 0.717) is 5.56 Å². The number of nitro groups is 1. The van der Waals surface area contributed by atoms with Crippen molar-refractivity contribution in [3.05, 3.63) is 105 Å². The Morgan fingerprint density at radius 1 is 0.941 bits per heavy atom. The molecule has 0 unspecified atom stereocenters. The van der Waals surface area contributed by atoms with E-state index in [0.717, 1.165) is 27.2 Å². The molecule has 2 atom stereocenters. The van der Waals surface area contributed by atoms with Gasteiger partial charge in [-0.1, -0.05) is 54.6 Å². The molecule has 0 spiro atoms. The number of imide groups is 1. The zero-order valence-electron chi connectivity index (χ0n) is 18.5. The summed E-state index contributed by atoms with van der Waals surface area (Å²) >= 11 is 0. The van der Waals surface area contributed by atoms with Crippen LogP contribution in [-0.4, -0.2) is 22.5 Å². The largest absolute Gasteiger partial charge is 0.299 e. The summed E-state index contributed by atoms with van der Waals surface area (Å²) in [4.78, 5) is 53.8. The van der Waals surface area contributed by atoms with Gasteiger partial charge >= 0.3 is 0 Å². The first-order chi connectivity index (χ1) is 16.3. The van der Waals surface area contributed by atoms with Crippen LogP contribution in [0.15, 0.2) is 66.7 Å². The van der Waals surface area contributed by atoms with E-state index in [1.165, 1.54) is 19.1 Å². The molecular weight excluding hydrogens is 432 g/mol. The van der Waals surface area contributed by atoms with Crippen molar-refractivity contribution in [2.24, 2.45) is 11.8 Å². The molecule has 7 heteroatoms. The summed E-state index contributed by atoms with van der Waals surface area (Å²) in [5.41, 5.74) is 2.17.